The van der Waals surface area contributed by atoms with Gasteiger partial charge in [0, 0.05) is 6.20 Å². The quantitative estimate of drug-likeness (QED) is 0.803. The molecule has 106 valence electrons. The van der Waals surface area contributed by atoms with Crippen molar-refractivity contribution in [2.45, 2.75) is 0 Å². The number of thiophene rings is 1. The van der Waals surface area contributed by atoms with Gasteiger partial charge in [0.2, 0.25) is 0 Å². The molecule has 2 aromatic heterocycles. The molecule has 0 bridgehead atoms. The highest BCUT2D eigenvalue weighted by atomic mass is 32.1. The molecule has 6 heteroatoms. The zero-order chi connectivity index (χ0) is 14.8. The summed E-state index contributed by atoms with van der Waals surface area (Å²) >= 11 is 1.46. The van der Waals surface area contributed by atoms with Gasteiger partial charge in [0.05, 0.1) is 12.0 Å². The molecule has 0 aliphatic rings. The SMILES string of the molecule is COc1ccccc1-n1cc(C(=O)O)c(-c2cccs2)n1. The van der Waals surface area contributed by atoms with Crippen LogP contribution < -0.4 is 4.74 Å². The predicted octanol–water partition coefficient (Wildman–Crippen LogP) is 3.31. The van der Waals surface area contributed by atoms with E-state index < -0.39 is 5.97 Å². The van der Waals surface area contributed by atoms with Crippen LogP contribution in [0.1, 0.15) is 10.4 Å². The Balaban J connectivity index is 2.17. The van der Waals surface area contributed by atoms with Gasteiger partial charge in [-0.1, -0.05) is 18.2 Å². The number of carboxylic acid groups (broad SMARTS) is 1. The number of rotatable bonds is 4. The van der Waals surface area contributed by atoms with E-state index in [2.05, 4.69) is 5.10 Å². The second kappa shape index (κ2) is 5.41. The van der Waals surface area contributed by atoms with Gasteiger partial charge in [-0.3, -0.25) is 0 Å². The number of hydrogen-bond acceptors (Lipinski definition) is 4. The number of nitrogens with zero attached hydrogens (tertiary/aromatic N) is 2. The van der Waals surface area contributed by atoms with Crippen molar-refractivity contribution in [3.63, 3.8) is 0 Å². The summed E-state index contributed by atoms with van der Waals surface area (Å²) in [5.41, 5.74) is 1.33. The molecule has 0 fully saturated rings. The fourth-order valence-electron chi connectivity index (χ4n) is 2.07. The van der Waals surface area contributed by atoms with Crippen LogP contribution in [0.4, 0.5) is 0 Å². The summed E-state index contributed by atoms with van der Waals surface area (Å²) < 4.78 is 6.83. The highest BCUT2D eigenvalue weighted by molar-refractivity contribution is 7.13. The van der Waals surface area contributed by atoms with E-state index in [9.17, 15) is 9.90 Å². The van der Waals surface area contributed by atoms with Gasteiger partial charge in [-0.2, -0.15) is 5.10 Å². The van der Waals surface area contributed by atoms with Crippen LogP contribution in [0.3, 0.4) is 0 Å². The summed E-state index contributed by atoms with van der Waals surface area (Å²) in [6, 6.07) is 11.1. The summed E-state index contributed by atoms with van der Waals surface area (Å²) in [6.45, 7) is 0. The van der Waals surface area contributed by atoms with Gasteiger partial charge in [0.15, 0.2) is 0 Å². The third-order valence-electron chi connectivity index (χ3n) is 3.03. The average molecular weight is 300 g/mol. The van der Waals surface area contributed by atoms with Gasteiger partial charge in [-0.05, 0) is 23.6 Å². The normalized spacial score (nSPS) is 10.5. The molecular weight excluding hydrogens is 288 g/mol. The molecule has 1 N–H and O–H groups in total. The van der Waals surface area contributed by atoms with E-state index in [-0.39, 0.29) is 5.56 Å². The molecule has 21 heavy (non-hydrogen) atoms. The minimum atomic E-state index is -1.00. The maximum atomic E-state index is 11.4. The van der Waals surface area contributed by atoms with Crippen molar-refractivity contribution >= 4 is 17.3 Å². The maximum Gasteiger partial charge on any atom is 0.339 e. The Morgan fingerprint density at radius 1 is 1.29 bits per heavy atom. The van der Waals surface area contributed by atoms with Gasteiger partial charge in [-0.25, -0.2) is 9.48 Å². The van der Waals surface area contributed by atoms with Crippen LogP contribution in [0.2, 0.25) is 0 Å². The van der Waals surface area contributed by atoms with Crippen LogP contribution >= 0.6 is 11.3 Å². The van der Waals surface area contributed by atoms with Crippen LogP contribution in [-0.4, -0.2) is 28.0 Å². The van der Waals surface area contributed by atoms with Gasteiger partial charge >= 0.3 is 5.97 Å². The van der Waals surface area contributed by atoms with E-state index in [0.29, 0.717) is 17.1 Å². The zero-order valence-electron chi connectivity index (χ0n) is 11.2. The molecule has 0 spiro atoms. The summed E-state index contributed by atoms with van der Waals surface area (Å²) in [5.74, 6) is -0.366. The van der Waals surface area contributed by atoms with Crippen molar-refractivity contribution in [3.8, 4) is 22.0 Å². The molecule has 2 heterocycles. The summed E-state index contributed by atoms with van der Waals surface area (Å²) in [4.78, 5) is 12.3. The second-order valence-electron chi connectivity index (χ2n) is 4.29. The molecular formula is C15H12N2O3S. The van der Waals surface area contributed by atoms with Gasteiger partial charge in [-0.15, -0.1) is 11.3 Å². The van der Waals surface area contributed by atoms with Gasteiger partial charge in [0.25, 0.3) is 0 Å². The number of aromatic nitrogens is 2. The Morgan fingerprint density at radius 2 is 2.10 bits per heavy atom. The number of hydrogen-bond donors (Lipinski definition) is 1. The van der Waals surface area contributed by atoms with Gasteiger partial charge < -0.3 is 9.84 Å². The van der Waals surface area contributed by atoms with Crippen molar-refractivity contribution in [1.82, 2.24) is 9.78 Å². The Bertz CT molecular complexity index is 778. The molecule has 3 aromatic rings. The molecule has 0 saturated heterocycles. The van der Waals surface area contributed by atoms with Crippen LogP contribution in [0.5, 0.6) is 5.75 Å². The summed E-state index contributed by atoms with van der Waals surface area (Å²) in [7, 11) is 1.57. The topological polar surface area (TPSA) is 64.3 Å². The average Bonchev–Trinajstić information content (AvgIpc) is 3.16. The first-order valence-corrected chi connectivity index (χ1v) is 7.09. The van der Waals surface area contributed by atoms with Crippen molar-refractivity contribution in [1.29, 1.82) is 0 Å². The van der Waals surface area contributed by atoms with Crippen molar-refractivity contribution < 1.29 is 14.6 Å². The number of aromatic carboxylic acids is 1. The van der Waals surface area contributed by atoms with E-state index in [0.717, 1.165) is 4.88 Å². The first-order valence-electron chi connectivity index (χ1n) is 6.21. The minimum Gasteiger partial charge on any atom is -0.494 e. The molecule has 0 aliphatic carbocycles. The summed E-state index contributed by atoms with van der Waals surface area (Å²) in [5, 5.41) is 15.7. The summed E-state index contributed by atoms with van der Waals surface area (Å²) in [6.07, 6.45) is 1.51. The van der Waals surface area contributed by atoms with Crippen molar-refractivity contribution in [3.05, 3.63) is 53.5 Å². The molecule has 0 saturated carbocycles. The van der Waals surface area contributed by atoms with E-state index >= 15 is 0 Å². The van der Waals surface area contributed by atoms with E-state index in [4.69, 9.17) is 4.74 Å². The first kappa shape index (κ1) is 13.4. The number of para-hydroxylation sites is 2. The van der Waals surface area contributed by atoms with Gasteiger partial charge in [0.1, 0.15) is 22.7 Å². The smallest absolute Gasteiger partial charge is 0.339 e. The van der Waals surface area contributed by atoms with E-state index in [1.165, 1.54) is 22.2 Å². The van der Waals surface area contributed by atoms with Crippen molar-refractivity contribution in [2.24, 2.45) is 0 Å². The highest BCUT2D eigenvalue weighted by Gasteiger charge is 2.19. The molecule has 0 radical (unpaired) electrons. The zero-order valence-corrected chi connectivity index (χ0v) is 12.0. The van der Waals surface area contributed by atoms with Crippen LogP contribution in [-0.2, 0) is 0 Å². The minimum absolute atomic E-state index is 0.170. The lowest BCUT2D eigenvalue weighted by atomic mass is 10.2. The molecule has 0 atom stereocenters. The monoisotopic (exact) mass is 300 g/mol. The lowest BCUT2D eigenvalue weighted by Crippen LogP contribution is -1.98. The Hall–Kier alpha value is -2.60. The fourth-order valence-corrected chi connectivity index (χ4v) is 2.79. The third kappa shape index (κ3) is 2.41. The Kier molecular flexibility index (Phi) is 3.45. The number of methoxy groups -OCH3 is 1. The molecule has 3 rings (SSSR count). The fraction of sp³-hybridized carbons (Fsp3) is 0.0667. The Morgan fingerprint density at radius 3 is 2.76 bits per heavy atom. The van der Waals surface area contributed by atoms with Crippen LogP contribution in [0, 0.1) is 0 Å². The van der Waals surface area contributed by atoms with Crippen molar-refractivity contribution in [2.75, 3.05) is 7.11 Å². The third-order valence-corrected chi connectivity index (χ3v) is 3.91. The molecule has 0 aliphatic heterocycles. The predicted molar refractivity (Wildman–Crippen MR) is 80.4 cm³/mol. The maximum absolute atomic E-state index is 11.4. The molecule has 0 unspecified atom stereocenters. The lowest BCUT2D eigenvalue weighted by molar-refractivity contribution is 0.0697. The van der Waals surface area contributed by atoms with E-state index in [1.54, 1.807) is 7.11 Å². The lowest BCUT2D eigenvalue weighted by Gasteiger charge is -2.07. The largest absolute Gasteiger partial charge is 0.494 e. The molecule has 5 nitrogen and oxygen atoms in total. The number of carboxylic acids is 1. The first-order chi connectivity index (χ1) is 10.2. The Labute approximate surface area is 125 Å². The standard InChI is InChI=1S/C15H12N2O3S/c1-20-12-6-3-2-5-11(12)17-9-10(15(18)19)14(16-17)13-7-4-8-21-13/h2-9H,1H3,(H,18,19). The van der Waals surface area contributed by atoms with Crippen LogP contribution in [0.15, 0.2) is 48.0 Å². The number of ether oxygens (including phenoxy) is 1. The number of benzene rings is 1. The number of carbonyl (C=O) groups is 1. The van der Waals surface area contributed by atoms with E-state index in [1.807, 2.05) is 41.8 Å². The van der Waals surface area contributed by atoms with Crippen LogP contribution in [0.25, 0.3) is 16.3 Å². The second-order valence-corrected chi connectivity index (χ2v) is 5.24. The molecule has 0 amide bonds. The molecule has 1 aromatic carbocycles. The highest BCUT2D eigenvalue weighted by Crippen LogP contribution is 2.29.